The Morgan fingerprint density at radius 2 is 2.05 bits per heavy atom. The molecule has 1 aromatic rings. The molecule has 1 saturated carbocycles. The van der Waals surface area contributed by atoms with E-state index in [1.807, 2.05) is 0 Å². The van der Waals surface area contributed by atoms with Crippen molar-refractivity contribution in [1.82, 2.24) is 0 Å². The number of alkyl halides is 3. The van der Waals surface area contributed by atoms with E-state index < -0.39 is 23.6 Å². The number of nitrogens with one attached hydrogen (secondary N) is 1. The van der Waals surface area contributed by atoms with Crippen LogP contribution < -0.4 is 5.32 Å². The molecule has 1 aromatic carbocycles. The van der Waals surface area contributed by atoms with Crippen molar-refractivity contribution in [3.8, 4) is 0 Å². The van der Waals surface area contributed by atoms with E-state index in [1.165, 1.54) is 6.07 Å². The molecule has 0 spiro atoms. The molecule has 1 fully saturated rings. The number of benzene rings is 1. The second kappa shape index (κ2) is 6.13. The highest BCUT2D eigenvalue weighted by atomic mass is 35.5. The van der Waals surface area contributed by atoms with Crippen LogP contribution >= 0.6 is 11.6 Å². The van der Waals surface area contributed by atoms with Crippen LogP contribution in [-0.2, 0) is 11.0 Å². The maximum Gasteiger partial charge on any atom is 0.416 e. The number of carboxylic acids is 1. The Bertz CT molecular complexity index is 533. The molecule has 0 saturated heterocycles. The number of halogens is 4. The zero-order valence-corrected chi connectivity index (χ0v) is 11.8. The molecular weight excluding hydrogens is 307 g/mol. The molecule has 1 aliphatic rings. The Morgan fingerprint density at radius 1 is 1.33 bits per heavy atom. The second-order valence-electron chi connectivity index (χ2n) is 5.24. The molecule has 0 amide bonds. The summed E-state index contributed by atoms with van der Waals surface area (Å²) in [5, 5.41) is 12.1. The Hall–Kier alpha value is -1.43. The van der Waals surface area contributed by atoms with Gasteiger partial charge in [0.25, 0.3) is 0 Å². The molecule has 0 aromatic heterocycles. The van der Waals surface area contributed by atoms with Crippen LogP contribution in [0.25, 0.3) is 0 Å². The lowest BCUT2D eigenvalue weighted by Crippen LogP contribution is -2.31. The first-order valence-corrected chi connectivity index (χ1v) is 7.01. The van der Waals surface area contributed by atoms with Crippen molar-refractivity contribution in [2.45, 2.75) is 37.9 Å². The smallest absolute Gasteiger partial charge is 0.416 e. The molecule has 2 atom stereocenters. The van der Waals surface area contributed by atoms with E-state index in [1.54, 1.807) is 0 Å². The van der Waals surface area contributed by atoms with Gasteiger partial charge in [-0.15, -0.1) is 0 Å². The molecule has 21 heavy (non-hydrogen) atoms. The number of rotatable bonds is 3. The minimum atomic E-state index is -4.43. The van der Waals surface area contributed by atoms with Crippen LogP contribution in [0.1, 0.15) is 31.2 Å². The van der Waals surface area contributed by atoms with E-state index in [0.29, 0.717) is 18.5 Å². The van der Waals surface area contributed by atoms with E-state index in [2.05, 4.69) is 5.32 Å². The normalized spacial score (nSPS) is 22.9. The number of hydrogen-bond donors (Lipinski definition) is 2. The van der Waals surface area contributed by atoms with Gasteiger partial charge in [0.2, 0.25) is 0 Å². The van der Waals surface area contributed by atoms with Crippen molar-refractivity contribution in [2.24, 2.45) is 5.92 Å². The fourth-order valence-corrected chi connectivity index (χ4v) is 2.81. The van der Waals surface area contributed by atoms with Gasteiger partial charge in [0.05, 0.1) is 22.2 Å². The molecule has 0 radical (unpaired) electrons. The van der Waals surface area contributed by atoms with Gasteiger partial charge in [0.15, 0.2) is 0 Å². The Kier molecular flexibility index (Phi) is 4.66. The third-order valence-corrected chi connectivity index (χ3v) is 3.99. The minimum absolute atomic E-state index is 0.0118. The van der Waals surface area contributed by atoms with Gasteiger partial charge in [0, 0.05) is 6.04 Å². The van der Waals surface area contributed by atoms with E-state index in [4.69, 9.17) is 16.7 Å². The quantitative estimate of drug-likeness (QED) is 0.866. The maximum absolute atomic E-state index is 12.6. The molecule has 2 rings (SSSR count). The van der Waals surface area contributed by atoms with Crippen LogP contribution in [0.15, 0.2) is 18.2 Å². The molecule has 0 heterocycles. The molecule has 7 heteroatoms. The lowest BCUT2D eigenvalue weighted by atomic mass is 9.85. The van der Waals surface area contributed by atoms with Crippen LogP contribution in [-0.4, -0.2) is 17.1 Å². The van der Waals surface area contributed by atoms with Gasteiger partial charge in [-0.25, -0.2) is 0 Å². The minimum Gasteiger partial charge on any atom is -0.481 e. The lowest BCUT2D eigenvalue weighted by Gasteiger charge is -2.28. The van der Waals surface area contributed by atoms with E-state index in [0.717, 1.165) is 25.0 Å². The predicted octanol–water partition coefficient (Wildman–Crippen LogP) is 4.41. The highest BCUT2D eigenvalue weighted by Crippen LogP contribution is 2.35. The van der Waals surface area contributed by atoms with Gasteiger partial charge >= 0.3 is 12.1 Å². The molecule has 2 N–H and O–H groups in total. The number of aliphatic carboxylic acids is 1. The largest absolute Gasteiger partial charge is 0.481 e. The molecule has 0 aliphatic heterocycles. The summed E-state index contributed by atoms with van der Waals surface area (Å²) in [6.07, 6.45) is -1.80. The van der Waals surface area contributed by atoms with Gasteiger partial charge in [-0.2, -0.15) is 13.2 Å². The third kappa shape index (κ3) is 4.03. The summed E-state index contributed by atoms with van der Waals surface area (Å²) in [6.45, 7) is 0. The van der Waals surface area contributed by atoms with Crippen molar-refractivity contribution in [2.75, 3.05) is 5.32 Å². The number of carbonyl (C=O) groups is 1. The Labute approximate surface area is 125 Å². The number of anilines is 1. The van der Waals surface area contributed by atoms with Crippen LogP contribution in [0.4, 0.5) is 18.9 Å². The monoisotopic (exact) mass is 321 g/mol. The van der Waals surface area contributed by atoms with Gasteiger partial charge in [-0.1, -0.05) is 18.0 Å². The van der Waals surface area contributed by atoms with Crippen molar-refractivity contribution >= 4 is 23.3 Å². The molecular formula is C14H15ClF3NO2. The molecule has 116 valence electrons. The average Bonchev–Trinajstić information content (AvgIpc) is 2.40. The summed E-state index contributed by atoms with van der Waals surface area (Å²) < 4.78 is 37.7. The highest BCUT2D eigenvalue weighted by molar-refractivity contribution is 6.33. The topological polar surface area (TPSA) is 49.3 Å². The van der Waals surface area contributed by atoms with E-state index >= 15 is 0 Å². The predicted molar refractivity (Wildman–Crippen MR) is 73.5 cm³/mol. The molecule has 3 nitrogen and oxygen atoms in total. The Balaban J connectivity index is 2.08. The van der Waals surface area contributed by atoms with Gasteiger partial charge in [0.1, 0.15) is 0 Å². The van der Waals surface area contributed by atoms with Gasteiger partial charge in [-0.3, -0.25) is 4.79 Å². The lowest BCUT2D eigenvalue weighted by molar-refractivity contribution is -0.143. The zero-order chi connectivity index (χ0) is 15.6. The van der Waals surface area contributed by atoms with E-state index in [9.17, 15) is 18.0 Å². The zero-order valence-electron chi connectivity index (χ0n) is 11.1. The highest BCUT2D eigenvalue weighted by Gasteiger charge is 2.31. The van der Waals surface area contributed by atoms with Crippen LogP contribution in [0.5, 0.6) is 0 Å². The first-order chi connectivity index (χ1) is 9.77. The number of hydrogen-bond acceptors (Lipinski definition) is 2. The standard InChI is InChI=1S/C14H15ClF3NO2/c15-11-7-9(14(16,17)18)4-5-12(11)19-10-3-1-2-8(6-10)13(20)21/h4-5,7-8,10,19H,1-3,6H2,(H,20,21). The fourth-order valence-electron chi connectivity index (χ4n) is 2.57. The first kappa shape index (κ1) is 15.9. The van der Waals surface area contributed by atoms with E-state index in [-0.39, 0.29) is 11.1 Å². The van der Waals surface area contributed by atoms with Crippen molar-refractivity contribution in [3.63, 3.8) is 0 Å². The molecule has 2 unspecified atom stereocenters. The maximum atomic E-state index is 12.6. The van der Waals surface area contributed by atoms with Gasteiger partial charge in [-0.05, 0) is 37.5 Å². The summed E-state index contributed by atoms with van der Waals surface area (Å²) in [5.74, 6) is -1.25. The van der Waals surface area contributed by atoms with Crippen LogP contribution in [0.2, 0.25) is 5.02 Å². The first-order valence-electron chi connectivity index (χ1n) is 6.63. The van der Waals surface area contributed by atoms with Crippen LogP contribution in [0.3, 0.4) is 0 Å². The van der Waals surface area contributed by atoms with Crippen molar-refractivity contribution in [3.05, 3.63) is 28.8 Å². The second-order valence-corrected chi connectivity index (χ2v) is 5.64. The fraction of sp³-hybridized carbons (Fsp3) is 0.500. The van der Waals surface area contributed by atoms with Crippen molar-refractivity contribution < 1.29 is 23.1 Å². The molecule has 0 bridgehead atoms. The summed E-state index contributed by atoms with van der Waals surface area (Å²) >= 11 is 5.87. The third-order valence-electron chi connectivity index (χ3n) is 3.68. The summed E-state index contributed by atoms with van der Waals surface area (Å²) in [7, 11) is 0. The summed E-state index contributed by atoms with van der Waals surface area (Å²) in [5.41, 5.74) is -0.397. The Morgan fingerprint density at radius 3 is 2.62 bits per heavy atom. The molecule has 1 aliphatic carbocycles. The summed E-state index contributed by atoms with van der Waals surface area (Å²) in [4.78, 5) is 11.0. The van der Waals surface area contributed by atoms with Crippen LogP contribution in [0, 0.1) is 5.92 Å². The van der Waals surface area contributed by atoms with Crippen molar-refractivity contribution in [1.29, 1.82) is 0 Å². The number of carboxylic acid groups (broad SMARTS) is 1. The van der Waals surface area contributed by atoms with Gasteiger partial charge < -0.3 is 10.4 Å². The SMILES string of the molecule is O=C(O)C1CCCC(Nc2ccc(C(F)(F)F)cc2Cl)C1. The average molecular weight is 322 g/mol. The summed E-state index contributed by atoms with van der Waals surface area (Å²) in [6, 6.07) is 3.04.